The number of ether oxygens (including phenoxy) is 1. The number of carbonyl (C=O) groups excluding carboxylic acids is 1. The number of hydrogen-bond acceptors (Lipinski definition) is 4. The minimum absolute atomic E-state index is 0.0988. The maximum Gasteiger partial charge on any atom is 0.339 e. The van der Waals surface area contributed by atoms with Gasteiger partial charge >= 0.3 is 12.0 Å². The molecular formula is C14H20N2O5. The van der Waals surface area contributed by atoms with E-state index in [9.17, 15) is 9.59 Å². The molecule has 116 valence electrons. The number of carboxylic acids is 1. The van der Waals surface area contributed by atoms with E-state index in [4.69, 9.17) is 14.3 Å². The second kappa shape index (κ2) is 6.62. The molecule has 2 rings (SSSR count). The summed E-state index contributed by atoms with van der Waals surface area (Å²) in [6, 6.07) is 1.23. The van der Waals surface area contributed by atoms with Crippen LogP contribution in [0.25, 0.3) is 0 Å². The first kappa shape index (κ1) is 15.4. The number of nitrogens with one attached hydrogen (secondary N) is 2. The second-order valence-corrected chi connectivity index (χ2v) is 5.22. The van der Waals surface area contributed by atoms with Gasteiger partial charge in [-0.3, -0.25) is 0 Å². The third kappa shape index (κ3) is 4.22. The van der Waals surface area contributed by atoms with Crippen molar-refractivity contribution in [3.05, 3.63) is 23.2 Å². The van der Waals surface area contributed by atoms with Gasteiger partial charge in [0.05, 0.1) is 12.6 Å². The average molecular weight is 296 g/mol. The number of urea groups is 1. The van der Waals surface area contributed by atoms with Crippen LogP contribution in [0.15, 0.2) is 10.5 Å². The summed E-state index contributed by atoms with van der Waals surface area (Å²) in [4.78, 5) is 22.7. The standard InChI is InChI=1S/C14H20N2O5/c1-8-5-10(3-4-20-8)16-14(19)15-7-11-6-12(13(17)18)9(2)21-11/h6,8,10H,3-5,7H2,1-2H3,(H,17,18)(H2,15,16,19). The average Bonchev–Trinajstić information content (AvgIpc) is 2.78. The Morgan fingerprint density at radius 1 is 1.48 bits per heavy atom. The molecule has 0 aromatic carbocycles. The number of aromatic carboxylic acids is 1. The van der Waals surface area contributed by atoms with Gasteiger partial charge in [-0.2, -0.15) is 0 Å². The van der Waals surface area contributed by atoms with Crippen molar-refractivity contribution in [2.75, 3.05) is 6.61 Å². The van der Waals surface area contributed by atoms with Gasteiger partial charge in [-0.15, -0.1) is 0 Å². The molecule has 2 heterocycles. The summed E-state index contributed by atoms with van der Waals surface area (Å²) >= 11 is 0. The van der Waals surface area contributed by atoms with Crippen molar-refractivity contribution in [2.45, 2.75) is 45.4 Å². The van der Waals surface area contributed by atoms with Gasteiger partial charge in [-0.1, -0.05) is 0 Å². The lowest BCUT2D eigenvalue weighted by Crippen LogP contribution is -2.45. The predicted octanol–water partition coefficient (Wildman–Crippen LogP) is 1.65. The largest absolute Gasteiger partial charge is 0.478 e. The van der Waals surface area contributed by atoms with Crippen LogP contribution in [0.2, 0.25) is 0 Å². The highest BCUT2D eigenvalue weighted by Crippen LogP contribution is 2.15. The zero-order valence-electron chi connectivity index (χ0n) is 12.1. The van der Waals surface area contributed by atoms with Crippen molar-refractivity contribution in [3.8, 4) is 0 Å². The maximum absolute atomic E-state index is 11.8. The van der Waals surface area contributed by atoms with Crippen LogP contribution in [-0.2, 0) is 11.3 Å². The molecule has 7 nitrogen and oxygen atoms in total. The third-order valence-corrected chi connectivity index (χ3v) is 3.44. The Hall–Kier alpha value is -2.02. The Morgan fingerprint density at radius 3 is 2.86 bits per heavy atom. The minimum atomic E-state index is -1.04. The molecule has 0 radical (unpaired) electrons. The summed E-state index contributed by atoms with van der Waals surface area (Å²) in [6.07, 6.45) is 1.73. The molecule has 1 aliphatic heterocycles. The molecule has 21 heavy (non-hydrogen) atoms. The summed E-state index contributed by atoms with van der Waals surface area (Å²) in [7, 11) is 0. The van der Waals surface area contributed by atoms with E-state index in [0.717, 1.165) is 12.8 Å². The Balaban J connectivity index is 1.81. The van der Waals surface area contributed by atoms with Gasteiger partial charge in [0, 0.05) is 12.6 Å². The zero-order valence-corrected chi connectivity index (χ0v) is 12.1. The molecule has 1 aromatic rings. The summed E-state index contributed by atoms with van der Waals surface area (Å²) < 4.78 is 10.7. The Morgan fingerprint density at radius 2 is 2.24 bits per heavy atom. The van der Waals surface area contributed by atoms with Gasteiger partial charge < -0.3 is 24.9 Å². The van der Waals surface area contributed by atoms with Crippen LogP contribution in [0.5, 0.6) is 0 Å². The number of hydrogen-bond donors (Lipinski definition) is 3. The fourth-order valence-corrected chi connectivity index (χ4v) is 2.38. The highest BCUT2D eigenvalue weighted by atomic mass is 16.5. The molecule has 0 aliphatic carbocycles. The van der Waals surface area contributed by atoms with Crippen molar-refractivity contribution in [1.29, 1.82) is 0 Å². The van der Waals surface area contributed by atoms with Crippen molar-refractivity contribution in [3.63, 3.8) is 0 Å². The molecule has 0 bridgehead atoms. The number of rotatable bonds is 4. The lowest BCUT2D eigenvalue weighted by atomic mass is 10.0. The summed E-state index contributed by atoms with van der Waals surface area (Å²) in [5.74, 6) is -0.290. The van der Waals surface area contributed by atoms with E-state index in [-0.39, 0.29) is 30.3 Å². The van der Waals surface area contributed by atoms with E-state index in [1.165, 1.54) is 6.07 Å². The lowest BCUT2D eigenvalue weighted by molar-refractivity contribution is 0.0154. The monoisotopic (exact) mass is 296 g/mol. The van der Waals surface area contributed by atoms with Crippen LogP contribution in [0.3, 0.4) is 0 Å². The van der Waals surface area contributed by atoms with Crippen LogP contribution in [0.4, 0.5) is 4.79 Å². The zero-order chi connectivity index (χ0) is 15.4. The molecule has 7 heteroatoms. The van der Waals surface area contributed by atoms with Crippen molar-refractivity contribution < 1.29 is 23.8 Å². The van der Waals surface area contributed by atoms with Gasteiger partial charge in [-0.25, -0.2) is 9.59 Å². The van der Waals surface area contributed by atoms with Gasteiger partial charge in [0.1, 0.15) is 17.1 Å². The molecular weight excluding hydrogens is 276 g/mol. The lowest BCUT2D eigenvalue weighted by Gasteiger charge is -2.27. The fraction of sp³-hybridized carbons (Fsp3) is 0.571. The maximum atomic E-state index is 11.8. The van der Waals surface area contributed by atoms with Gasteiger partial charge in [0.15, 0.2) is 0 Å². The van der Waals surface area contributed by atoms with E-state index in [0.29, 0.717) is 18.1 Å². The topological polar surface area (TPSA) is 101 Å². The summed E-state index contributed by atoms with van der Waals surface area (Å²) in [6.45, 7) is 4.35. The smallest absolute Gasteiger partial charge is 0.339 e. The number of carbonyl (C=O) groups is 2. The van der Waals surface area contributed by atoms with E-state index >= 15 is 0 Å². The highest BCUT2D eigenvalue weighted by molar-refractivity contribution is 5.88. The molecule has 1 saturated heterocycles. The number of amides is 2. The summed E-state index contributed by atoms with van der Waals surface area (Å²) in [5, 5.41) is 14.5. The summed E-state index contributed by atoms with van der Waals surface area (Å²) in [5.41, 5.74) is 0.116. The predicted molar refractivity (Wildman–Crippen MR) is 74.2 cm³/mol. The Bertz CT molecular complexity index is 525. The van der Waals surface area contributed by atoms with Crippen LogP contribution in [0, 0.1) is 6.92 Å². The van der Waals surface area contributed by atoms with E-state index in [2.05, 4.69) is 10.6 Å². The molecule has 1 aliphatic rings. The molecule has 0 saturated carbocycles. The molecule has 1 fully saturated rings. The highest BCUT2D eigenvalue weighted by Gasteiger charge is 2.21. The van der Waals surface area contributed by atoms with E-state index in [1.54, 1.807) is 6.92 Å². The first-order valence-electron chi connectivity index (χ1n) is 6.94. The number of furan rings is 1. The minimum Gasteiger partial charge on any atom is -0.478 e. The van der Waals surface area contributed by atoms with Crippen molar-refractivity contribution in [1.82, 2.24) is 10.6 Å². The Kier molecular flexibility index (Phi) is 4.85. The van der Waals surface area contributed by atoms with Crippen LogP contribution in [-0.4, -0.2) is 35.9 Å². The van der Waals surface area contributed by atoms with Crippen LogP contribution in [0.1, 0.15) is 41.6 Å². The molecule has 3 N–H and O–H groups in total. The normalized spacial score (nSPS) is 21.8. The van der Waals surface area contributed by atoms with Gasteiger partial charge in [0.25, 0.3) is 0 Å². The van der Waals surface area contributed by atoms with E-state index < -0.39 is 5.97 Å². The number of carboxylic acid groups (broad SMARTS) is 1. The third-order valence-electron chi connectivity index (χ3n) is 3.44. The molecule has 2 atom stereocenters. The van der Waals surface area contributed by atoms with Gasteiger partial charge in [0.2, 0.25) is 0 Å². The second-order valence-electron chi connectivity index (χ2n) is 5.22. The van der Waals surface area contributed by atoms with Crippen LogP contribution >= 0.6 is 0 Å². The van der Waals surface area contributed by atoms with Crippen molar-refractivity contribution in [2.24, 2.45) is 0 Å². The molecule has 1 aromatic heterocycles. The quantitative estimate of drug-likeness (QED) is 0.784. The van der Waals surface area contributed by atoms with Crippen LogP contribution < -0.4 is 10.6 Å². The molecule has 2 amide bonds. The first-order chi connectivity index (χ1) is 9.95. The van der Waals surface area contributed by atoms with Crippen molar-refractivity contribution >= 4 is 12.0 Å². The molecule has 0 spiro atoms. The van der Waals surface area contributed by atoms with Gasteiger partial charge in [-0.05, 0) is 32.8 Å². The first-order valence-corrected chi connectivity index (χ1v) is 6.94. The SMILES string of the molecule is Cc1oc(CNC(=O)NC2CCOC(C)C2)cc1C(=O)O. The van der Waals surface area contributed by atoms with E-state index in [1.807, 2.05) is 6.92 Å². The number of aryl methyl sites for hydroxylation is 1. The fourth-order valence-electron chi connectivity index (χ4n) is 2.38. The molecule has 2 unspecified atom stereocenters. The Labute approximate surface area is 122 Å².